The zero-order valence-electron chi connectivity index (χ0n) is 12.2. The van der Waals surface area contributed by atoms with Gasteiger partial charge in [0.05, 0.1) is 13.7 Å². The van der Waals surface area contributed by atoms with Gasteiger partial charge in [-0.15, -0.1) is 0 Å². The van der Waals surface area contributed by atoms with Gasteiger partial charge in [-0.1, -0.05) is 0 Å². The summed E-state index contributed by atoms with van der Waals surface area (Å²) in [6.07, 6.45) is 0.424. The number of carbonyl (C=O) groups excluding carboxylic acids is 2. The molecule has 1 aromatic rings. The number of nitrogens with one attached hydrogen (secondary N) is 2. The van der Waals surface area contributed by atoms with Gasteiger partial charge in [-0.25, -0.2) is 4.79 Å². The standard InChI is InChI=1S/C14H21N3O3/c1-9-6-12(10(2)15-9)13(18)8-17-5-4-11(7-17)16-14(19)20-3/h6,11,15H,4-5,7-8H2,1-3H3,(H,16,19). The molecule has 6 heteroatoms. The van der Waals surface area contributed by atoms with Crippen molar-refractivity contribution < 1.29 is 14.3 Å². The molecule has 6 nitrogen and oxygen atoms in total. The highest BCUT2D eigenvalue weighted by Crippen LogP contribution is 2.14. The van der Waals surface area contributed by atoms with Crippen LogP contribution in [0.3, 0.4) is 0 Å². The van der Waals surface area contributed by atoms with E-state index in [1.54, 1.807) is 0 Å². The van der Waals surface area contributed by atoms with Crippen molar-refractivity contribution in [2.45, 2.75) is 26.3 Å². The molecule has 2 rings (SSSR count). The summed E-state index contributed by atoms with van der Waals surface area (Å²) in [6, 6.07) is 1.95. The lowest BCUT2D eigenvalue weighted by Gasteiger charge is -2.15. The van der Waals surface area contributed by atoms with Gasteiger partial charge in [-0.3, -0.25) is 9.69 Å². The number of ether oxygens (including phenoxy) is 1. The number of hydrogen-bond acceptors (Lipinski definition) is 4. The zero-order valence-corrected chi connectivity index (χ0v) is 12.2. The van der Waals surface area contributed by atoms with Crippen LogP contribution >= 0.6 is 0 Å². The van der Waals surface area contributed by atoms with Crippen molar-refractivity contribution >= 4 is 11.9 Å². The summed E-state index contributed by atoms with van der Waals surface area (Å²) in [4.78, 5) is 28.6. The highest BCUT2D eigenvalue weighted by Gasteiger charge is 2.26. The lowest BCUT2D eigenvalue weighted by Crippen LogP contribution is -2.38. The minimum atomic E-state index is -0.416. The maximum Gasteiger partial charge on any atom is 0.407 e. The van der Waals surface area contributed by atoms with E-state index in [1.807, 2.05) is 19.9 Å². The van der Waals surface area contributed by atoms with Crippen molar-refractivity contribution in [1.29, 1.82) is 0 Å². The minimum absolute atomic E-state index is 0.0595. The predicted octanol–water partition coefficient (Wildman–Crippen LogP) is 1.24. The van der Waals surface area contributed by atoms with E-state index >= 15 is 0 Å². The smallest absolute Gasteiger partial charge is 0.407 e. The van der Waals surface area contributed by atoms with Gasteiger partial charge in [-0.2, -0.15) is 0 Å². The number of Topliss-reactive ketones (excluding diaryl/α,β-unsaturated/α-hetero) is 1. The van der Waals surface area contributed by atoms with E-state index in [9.17, 15) is 9.59 Å². The molecule has 1 aliphatic rings. The lowest BCUT2D eigenvalue weighted by molar-refractivity contribution is 0.0944. The van der Waals surface area contributed by atoms with E-state index < -0.39 is 6.09 Å². The number of methoxy groups -OCH3 is 1. The second-order valence-electron chi connectivity index (χ2n) is 5.27. The number of nitrogens with zero attached hydrogens (tertiary/aromatic N) is 1. The first-order chi connectivity index (χ1) is 9.49. The number of likely N-dealkylation sites (tertiary alicyclic amines) is 1. The summed E-state index contributed by atoms with van der Waals surface area (Å²) in [5.41, 5.74) is 2.67. The zero-order chi connectivity index (χ0) is 14.7. The molecular formula is C14H21N3O3. The van der Waals surface area contributed by atoms with Gasteiger partial charge in [0.2, 0.25) is 0 Å². The summed E-state index contributed by atoms with van der Waals surface area (Å²) < 4.78 is 4.58. The molecule has 20 heavy (non-hydrogen) atoms. The number of carbonyl (C=O) groups is 2. The molecule has 1 unspecified atom stereocenters. The molecular weight excluding hydrogens is 258 g/mol. The van der Waals surface area contributed by atoms with Crippen LogP contribution in [-0.2, 0) is 4.74 Å². The average Bonchev–Trinajstić information content (AvgIpc) is 2.95. The quantitative estimate of drug-likeness (QED) is 0.813. The topological polar surface area (TPSA) is 74.4 Å². The average molecular weight is 279 g/mol. The van der Waals surface area contributed by atoms with Crippen LogP contribution in [0.25, 0.3) is 0 Å². The Morgan fingerprint density at radius 1 is 1.50 bits per heavy atom. The third-order valence-electron chi connectivity index (χ3n) is 3.60. The Morgan fingerprint density at radius 3 is 2.85 bits per heavy atom. The molecule has 2 N–H and O–H groups in total. The number of rotatable bonds is 4. The molecule has 1 saturated heterocycles. The predicted molar refractivity (Wildman–Crippen MR) is 75.0 cm³/mol. The van der Waals surface area contributed by atoms with Gasteiger partial charge >= 0.3 is 6.09 Å². The molecule has 0 aliphatic carbocycles. The Balaban J connectivity index is 1.87. The minimum Gasteiger partial charge on any atom is -0.453 e. The van der Waals surface area contributed by atoms with E-state index in [4.69, 9.17) is 0 Å². The number of ketones is 1. The number of H-pyrrole nitrogens is 1. The van der Waals surface area contributed by atoms with Crippen LogP contribution < -0.4 is 5.32 Å². The highest BCUT2D eigenvalue weighted by molar-refractivity contribution is 5.98. The van der Waals surface area contributed by atoms with Gasteiger partial charge in [0.15, 0.2) is 5.78 Å². The molecule has 1 aliphatic heterocycles. The molecule has 0 saturated carbocycles. The molecule has 0 spiro atoms. The summed E-state index contributed by atoms with van der Waals surface area (Å²) in [5, 5.41) is 2.77. The second kappa shape index (κ2) is 6.09. The third-order valence-corrected chi connectivity index (χ3v) is 3.60. The molecule has 0 aromatic carbocycles. The SMILES string of the molecule is COC(=O)NC1CCN(CC(=O)c2cc(C)[nH]c2C)C1. The molecule has 0 radical (unpaired) electrons. The molecule has 0 bridgehead atoms. The maximum absolute atomic E-state index is 12.2. The van der Waals surface area contributed by atoms with Crippen LogP contribution in [0.2, 0.25) is 0 Å². The van der Waals surface area contributed by atoms with Crippen LogP contribution in [0.1, 0.15) is 28.2 Å². The summed E-state index contributed by atoms with van der Waals surface area (Å²) in [7, 11) is 1.35. The Hall–Kier alpha value is -1.82. The van der Waals surface area contributed by atoms with Gasteiger partial charge < -0.3 is 15.0 Å². The molecule has 2 heterocycles. The number of alkyl carbamates (subject to hydrolysis) is 1. The van der Waals surface area contributed by atoms with Crippen molar-refractivity contribution in [3.05, 3.63) is 23.0 Å². The van der Waals surface area contributed by atoms with E-state index in [1.165, 1.54) is 7.11 Å². The normalized spacial score (nSPS) is 19.1. The largest absolute Gasteiger partial charge is 0.453 e. The van der Waals surface area contributed by atoms with Crippen LogP contribution in [-0.4, -0.2) is 54.5 Å². The number of aromatic amines is 1. The van der Waals surface area contributed by atoms with Crippen LogP contribution in [0, 0.1) is 13.8 Å². The molecule has 1 aromatic heterocycles. The summed E-state index contributed by atoms with van der Waals surface area (Å²) in [6.45, 7) is 5.73. The second-order valence-corrected chi connectivity index (χ2v) is 5.27. The molecule has 110 valence electrons. The third kappa shape index (κ3) is 3.39. The van der Waals surface area contributed by atoms with Crippen molar-refractivity contribution in [2.24, 2.45) is 0 Å². The number of aryl methyl sites for hydroxylation is 2. The molecule has 1 amide bonds. The van der Waals surface area contributed by atoms with Crippen LogP contribution in [0.15, 0.2) is 6.07 Å². The van der Waals surface area contributed by atoms with Crippen LogP contribution in [0.4, 0.5) is 4.79 Å². The van der Waals surface area contributed by atoms with E-state index in [0.717, 1.165) is 29.9 Å². The van der Waals surface area contributed by atoms with E-state index in [0.29, 0.717) is 13.1 Å². The first-order valence-electron chi connectivity index (χ1n) is 6.76. The van der Waals surface area contributed by atoms with Crippen LogP contribution in [0.5, 0.6) is 0 Å². The maximum atomic E-state index is 12.2. The summed E-state index contributed by atoms with van der Waals surface area (Å²) >= 11 is 0. The van der Waals surface area contributed by atoms with Gasteiger partial charge in [-0.05, 0) is 26.3 Å². The number of hydrogen-bond donors (Lipinski definition) is 2. The van der Waals surface area contributed by atoms with Crippen molar-refractivity contribution in [3.63, 3.8) is 0 Å². The van der Waals surface area contributed by atoms with Crippen molar-refractivity contribution in [2.75, 3.05) is 26.7 Å². The van der Waals surface area contributed by atoms with Crippen molar-refractivity contribution in [1.82, 2.24) is 15.2 Å². The first kappa shape index (κ1) is 14.6. The lowest BCUT2D eigenvalue weighted by atomic mass is 10.1. The Morgan fingerprint density at radius 2 is 2.25 bits per heavy atom. The Labute approximate surface area is 118 Å². The van der Waals surface area contributed by atoms with E-state index in [2.05, 4.69) is 19.9 Å². The van der Waals surface area contributed by atoms with Crippen molar-refractivity contribution in [3.8, 4) is 0 Å². The highest BCUT2D eigenvalue weighted by atomic mass is 16.5. The molecule has 1 fully saturated rings. The van der Waals surface area contributed by atoms with Gasteiger partial charge in [0.1, 0.15) is 0 Å². The Kier molecular flexibility index (Phi) is 4.44. The fourth-order valence-corrected chi connectivity index (χ4v) is 2.62. The molecule has 1 atom stereocenters. The van der Waals surface area contributed by atoms with Gasteiger partial charge in [0.25, 0.3) is 0 Å². The van der Waals surface area contributed by atoms with E-state index in [-0.39, 0.29) is 11.8 Å². The number of amides is 1. The number of aromatic nitrogens is 1. The summed E-state index contributed by atoms with van der Waals surface area (Å²) in [5.74, 6) is 0.116. The Bertz CT molecular complexity index is 510. The fourth-order valence-electron chi connectivity index (χ4n) is 2.62. The fraction of sp³-hybridized carbons (Fsp3) is 0.571. The van der Waals surface area contributed by atoms with Gasteiger partial charge in [0, 0.05) is 36.1 Å². The monoisotopic (exact) mass is 279 g/mol. The first-order valence-corrected chi connectivity index (χ1v) is 6.76.